The number of non-ortho nitro benzene ring substituents is 1. The van der Waals surface area contributed by atoms with E-state index in [-0.39, 0.29) is 28.6 Å². The van der Waals surface area contributed by atoms with Crippen molar-refractivity contribution in [3.8, 4) is 5.95 Å². The molecule has 0 spiro atoms. The van der Waals surface area contributed by atoms with Crippen LogP contribution in [-0.4, -0.2) is 40.4 Å². The van der Waals surface area contributed by atoms with E-state index in [0.29, 0.717) is 16.7 Å². The highest BCUT2D eigenvalue weighted by molar-refractivity contribution is 6.04. The molecule has 0 aliphatic rings. The van der Waals surface area contributed by atoms with Crippen LogP contribution in [0.25, 0.3) is 17.0 Å². The third-order valence-corrected chi connectivity index (χ3v) is 4.20. The molecule has 0 radical (unpaired) electrons. The van der Waals surface area contributed by atoms with Crippen LogP contribution in [-0.2, 0) is 7.05 Å². The number of aryl methyl sites for hydroxylation is 2. The number of H-pyrrole nitrogens is 1. The molecule has 0 bridgehead atoms. The average Bonchev–Trinajstić information content (AvgIpc) is 3.24. The normalized spacial score (nSPS) is 11.0. The van der Waals surface area contributed by atoms with Gasteiger partial charge in [0, 0.05) is 30.8 Å². The predicted octanol–water partition coefficient (Wildman–Crippen LogP) is 1.31. The van der Waals surface area contributed by atoms with Gasteiger partial charge >= 0.3 is 0 Å². The van der Waals surface area contributed by atoms with Crippen molar-refractivity contribution in [1.82, 2.24) is 29.5 Å². The van der Waals surface area contributed by atoms with E-state index >= 15 is 0 Å². The minimum Gasteiger partial charge on any atom is -0.306 e. The smallest absolute Gasteiger partial charge is 0.269 e. The van der Waals surface area contributed by atoms with Gasteiger partial charge in [0.2, 0.25) is 5.95 Å². The number of rotatable bonds is 4. The zero-order valence-corrected chi connectivity index (χ0v) is 15.3. The van der Waals surface area contributed by atoms with Crippen molar-refractivity contribution in [2.24, 2.45) is 7.05 Å². The van der Waals surface area contributed by atoms with Crippen molar-refractivity contribution in [2.75, 3.05) is 5.32 Å². The molecule has 3 heterocycles. The van der Waals surface area contributed by atoms with Crippen LogP contribution >= 0.6 is 0 Å². The number of hydrogen-bond donors (Lipinski definition) is 2. The Morgan fingerprint density at radius 3 is 2.69 bits per heavy atom. The summed E-state index contributed by atoms with van der Waals surface area (Å²) in [7, 11) is 1.66. The number of nitro benzene ring substituents is 1. The number of carbonyl (C=O) groups excluding carboxylic acids is 1. The fraction of sp³-hybridized carbons (Fsp3) is 0.118. The van der Waals surface area contributed by atoms with Crippen LogP contribution in [0.1, 0.15) is 16.1 Å². The summed E-state index contributed by atoms with van der Waals surface area (Å²) in [5.41, 5.74) is 0.665. The number of fused-ring (bicyclic) bond motifs is 1. The number of nitro groups is 1. The maximum absolute atomic E-state index is 12.6. The van der Waals surface area contributed by atoms with Crippen molar-refractivity contribution < 1.29 is 9.72 Å². The van der Waals surface area contributed by atoms with Crippen molar-refractivity contribution in [1.29, 1.82) is 0 Å². The first kappa shape index (κ1) is 18.0. The zero-order valence-electron chi connectivity index (χ0n) is 15.3. The van der Waals surface area contributed by atoms with Crippen molar-refractivity contribution >= 4 is 28.4 Å². The lowest BCUT2D eigenvalue weighted by Gasteiger charge is -2.08. The lowest BCUT2D eigenvalue weighted by molar-refractivity contribution is -0.384. The number of carbonyl (C=O) groups is 1. The Kier molecular flexibility index (Phi) is 4.15. The fourth-order valence-electron chi connectivity index (χ4n) is 2.79. The van der Waals surface area contributed by atoms with Crippen LogP contribution in [0.5, 0.6) is 0 Å². The molecule has 0 aliphatic carbocycles. The van der Waals surface area contributed by atoms with Crippen LogP contribution in [0.15, 0.2) is 41.3 Å². The summed E-state index contributed by atoms with van der Waals surface area (Å²) in [5.74, 6) is -0.112. The van der Waals surface area contributed by atoms with Gasteiger partial charge < -0.3 is 5.32 Å². The second-order valence-electron chi connectivity index (χ2n) is 6.24. The third kappa shape index (κ3) is 3.22. The summed E-state index contributed by atoms with van der Waals surface area (Å²) < 4.78 is 2.76. The van der Waals surface area contributed by atoms with Gasteiger partial charge in [-0.05, 0) is 19.1 Å². The first-order chi connectivity index (χ1) is 13.8. The van der Waals surface area contributed by atoms with Crippen molar-refractivity contribution in [3.05, 3.63) is 68.3 Å². The van der Waals surface area contributed by atoms with E-state index in [1.54, 1.807) is 20.0 Å². The molecule has 0 saturated heterocycles. The van der Waals surface area contributed by atoms with Crippen LogP contribution in [0.2, 0.25) is 0 Å². The number of nitrogens with zero attached hydrogens (tertiary/aromatic N) is 6. The quantitative estimate of drug-likeness (QED) is 0.391. The predicted molar refractivity (Wildman–Crippen MR) is 102 cm³/mol. The second kappa shape index (κ2) is 6.67. The van der Waals surface area contributed by atoms with Crippen molar-refractivity contribution in [2.45, 2.75) is 6.92 Å². The Bertz CT molecular complexity index is 1320. The van der Waals surface area contributed by atoms with E-state index in [9.17, 15) is 19.7 Å². The molecule has 12 heteroatoms. The van der Waals surface area contributed by atoms with Gasteiger partial charge in [-0.3, -0.25) is 29.4 Å². The number of amides is 1. The summed E-state index contributed by atoms with van der Waals surface area (Å²) in [6.07, 6.45) is 1.41. The number of nitrogens with one attached hydrogen (secondary N) is 2. The van der Waals surface area contributed by atoms with Crippen LogP contribution in [0.4, 0.5) is 11.5 Å². The Labute approximate surface area is 162 Å². The number of benzene rings is 1. The molecule has 0 unspecified atom stereocenters. The molecule has 2 N–H and O–H groups in total. The molecule has 4 aromatic rings. The second-order valence-corrected chi connectivity index (χ2v) is 6.24. The topological polar surface area (TPSA) is 154 Å². The summed E-state index contributed by atoms with van der Waals surface area (Å²) >= 11 is 0. The summed E-state index contributed by atoms with van der Waals surface area (Å²) in [6, 6.07) is 6.79. The molecule has 0 atom stereocenters. The first-order valence-electron chi connectivity index (χ1n) is 8.38. The van der Waals surface area contributed by atoms with Crippen LogP contribution < -0.4 is 10.9 Å². The van der Waals surface area contributed by atoms with Gasteiger partial charge in [0.1, 0.15) is 11.2 Å². The largest absolute Gasteiger partial charge is 0.306 e. The number of anilines is 1. The van der Waals surface area contributed by atoms with Gasteiger partial charge in [0.15, 0.2) is 5.65 Å². The summed E-state index contributed by atoms with van der Waals surface area (Å²) in [4.78, 5) is 42.1. The van der Waals surface area contributed by atoms with E-state index < -0.39 is 10.8 Å². The Morgan fingerprint density at radius 2 is 2.00 bits per heavy atom. The minimum absolute atomic E-state index is 0.109. The Hall–Kier alpha value is -4.35. The minimum atomic E-state index is -0.545. The Balaban J connectivity index is 1.70. The molecular formula is C17H14N8O4. The van der Waals surface area contributed by atoms with Crippen LogP contribution in [0.3, 0.4) is 0 Å². The van der Waals surface area contributed by atoms with Gasteiger partial charge in [-0.25, -0.2) is 0 Å². The molecule has 146 valence electrons. The highest BCUT2D eigenvalue weighted by Crippen LogP contribution is 2.18. The molecule has 0 saturated carbocycles. The Morgan fingerprint density at radius 1 is 1.28 bits per heavy atom. The van der Waals surface area contributed by atoms with E-state index in [4.69, 9.17) is 0 Å². The summed E-state index contributed by atoms with van der Waals surface area (Å²) in [5, 5.41) is 22.1. The van der Waals surface area contributed by atoms with E-state index in [2.05, 4.69) is 25.5 Å². The van der Waals surface area contributed by atoms with E-state index in [1.165, 1.54) is 39.8 Å². The number of aromatic amines is 1. The molecule has 1 aromatic carbocycles. The van der Waals surface area contributed by atoms with Gasteiger partial charge in [0.25, 0.3) is 17.2 Å². The maximum atomic E-state index is 12.6. The SMILES string of the molecule is Cc1cc(NC(=O)c2ccc([N+](=O)[O-])cc2)n(-c2nc3c(cnn3C)c(=O)[nH]2)n1. The number of aromatic nitrogens is 6. The van der Waals surface area contributed by atoms with Crippen molar-refractivity contribution in [3.63, 3.8) is 0 Å². The molecule has 12 nitrogen and oxygen atoms in total. The lowest BCUT2D eigenvalue weighted by Crippen LogP contribution is -2.19. The maximum Gasteiger partial charge on any atom is 0.269 e. The number of hydrogen-bond acceptors (Lipinski definition) is 7. The third-order valence-electron chi connectivity index (χ3n) is 4.20. The van der Waals surface area contributed by atoms with Gasteiger partial charge in [-0.15, -0.1) is 0 Å². The van der Waals surface area contributed by atoms with Gasteiger partial charge in [0.05, 0.1) is 16.8 Å². The molecule has 0 fully saturated rings. The summed E-state index contributed by atoms with van der Waals surface area (Å²) in [6.45, 7) is 1.72. The van der Waals surface area contributed by atoms with Crippen LogP contribution in [0, 0.1) is 17.0 Å². The molecule has 4 rings (SSSR count). The van der Waals surface area contributed by atoms with Gasteiger partial charge in [-0.2, -0.15) is 19.9 Å². The molecular weight excluding hydrogens is 380 g/mol. The average molecular weight is 394 g/mol. The van der Waals surface area contributed by atoms with E-state index in [0.717, 1.165) is 0 Å². The van der Waals surface area contributed by atoms with E-state index in [1.807, 2.05) is 0 Å². The fourth-order valence-corrected chi connectivity index (χ4v) is 2.79. The monoisotopic (exact) mass is 394 g/mol. The molecule has 3 aromatic heterocycles. The highest BCUT2D eigenvalue weighted by Gasteiger charge is 2.17. The zero-order chi connectivity index (χ0) is 20.7. The lowest BCUT2D eigenvalue weighted by atomic mass is 10.2. The standard InChI is InChI=1S/C17H14N8O4/c1-9-7-13(19-15(26)10-3-5-11(6-4-10)25(28)29)24(22-9)17-20-14-12(16(27)21-17)8-18-23(14)2/h3-8H,1-2H3,(H,19,26)(H,20,21,27). The first-order valence-corrected chi connectivity index (χ1v) is 8.38. The van der Waals surface area contributed by atoms with Gasteiger partial charge in [-0.1, -0.05) is 0 Å². The molecule has 29 heavy (non-hydrogen) atoms. The molecule has 1 amide bonds. The highest BCUT2D eigenvalue weighted by atomic mass is 16.6. The molecule has 0 aliphatic heterocycles.